The molecule has 0 fully saturated rings. The smallest absolute Gasteiger partial charge is 0.265 e. The fourth-order valence-electron chi connectivity index (χ4n) is 1.91. The van der Waals surface area contributed by atoms with Gasteiger partial charge >= 0.3 is 0 Å². The van der Waals surface area contributed by atoms with E-state index in [1.165, 1.54) is 0 Å². The SMILES string of the molecule is Cc1ccc(CO)cc1NC(=O)C(C)Oc1ccc(Cl)cc1. The number of rotatable bonds is 5. The van der Waals surface area contributed by atoms with Crippen LogP contribution >= 0.6 is 11.6 Å². The number of halogens is 1. The van der Waals surface area contributed by atoms with E-state index >= 15 is 0 Å². The van der Waals surface area contributed by atoms with Crippen LogP contribution in [0.4, 0.5) is 5.69 Å². The maximum atomic E-state index is 12.2. The van der Waals surface area contributed by atoms with Gasteiger partial charge in [0, 0.05) is 10.7 Å². The van der Waals surface area contributed by atoms with Gasteiger partial charge in [0.25, 0.3) is 5.91 Å². The monoisotopic (exact) mass is 319 g/mol. The largest absolute Gasteiger partial charge is 0.481 e. The molecule has 22 heavy (non-hydrogen) atoms. The molecule has 2 N–H and O–H groups in total. The highest BCUT2D eigenvalue weighted by molar-refractivity contribution is 6.30. The van der Waals surface area contributed by atoms with Crippen LogP contribution in [0.2, 0.25) is 5.02 Å². The highest BCUT2D eigenvalue weighted by Crippen LogP contribution is 2.19. The molecule has 0 saturated heterocycles. The van der Waals surface area contributed by atoms with Gasteiger partial charge in [-0.05, 0) is 55.3 Å². The molecule has 5 heteroatoms. The molecule has 0 radical (unpaired) electrons. The third-order valence-electron chi connectivity index (χ3n) is 3.24. The number of carbonyl (C=O) groups is 1. The summed E-state index contributed by atoms with van der Waals surface area (Å²) < 4.78 is 5.58. The predicted octanol–water partition coefficient (Wildman–Crippen LogP) is 3.55. The van der Waals surface area contributed by atoms with Crippen molar-refractivity contribution >= 4 is 23.2 Å². The molecule has 0 aromatic heterocycles. The van der Waals surface area contributed by atoms with Crippen molar-refractivity contribution in [3.63, 3.8) is 0 Å². The van der Waals surface area contributed by atoms with Gasteiger partial charge in [-0.15, -0.1) is 0 Å². The van der Waals surface area contributed by atoms with Crippen LogP contribution in [0, 0.1) is 6.92 Å². The van der Waals surface area contributed by atoms with Crippen LogP contribution in [0.1, 0.15) is 18.1 Å². The first-order valence-electron chi connectivity index (χ1n) is 6.93. The second kappa shape index (κ2) is 7.29. The topological polar surface area (TPSA) is 58.6 Å². The second-order valence-corrected chi connectivity index (χ2v) is 5.45. The lowest BCUT2D eigenvalue weighted by Gasteiger charge is -2.16. The highest BCUT2D eigenvalue weighted by atomic mass is 35.5. The summed E-state index contributed by atoms with van der Waals surface area (Å²) in [5.41, 5.74) is 2.33. The van der Waals surface area contributed by atoms with Gasteiger partial charge in [-0.3, -0.25) is 4.79 Å². The van der Waals surface area contributed by atoms with Gasteiger partial charge < -0.3 is 15.2 Å². The normalized spacial score (nSPS) is 11.8. The number of aryl methyl sites for hydroxylation is 1. The third-order valence-corrected chi connectivity index (χ3v) is 3.49. The van der Waals surface area contributed by atoms with E-state index in [4.69, 9.17) is 21.4 Å². The zero-order valence-electron chi connectivity index (χ0n) is 12.5. The molecule has 0 saturated carbocycles. The minimum atomic E-state index is -0.654. The number of aliphatic hydroxyl groups is 1. The number of benzene rings is 2. The lowest BCUT2D eigenvalue weighted by atomic mass is 10.1. The number of anilines is 1. The van der Waals surface area contributed by atoms with Crippen LogP contribution in [0.15, 0.2) is 42.5 Å². The summed E-state index contributed by atoms with van der Waals surface area (Å²) in [6, 6.07) is 12.3. The molecule has 1 amide bonds. The number of aliphatic hydroxyl groups excluding tert-OH is 1. The first-order chi connectivity index (χ1) is 10.5. The Morgan fingerprint density at radius 2 is 1.95 bits per heavy atom. The standard InChI is InChI=1S/C17H18ClNO3/c1-11-3-4-13(10-20)9-16(11)19-17(21)12(2)22-15-7-5-14(18)6-8-15/h3-9,12,20H,10H2,1-2H3,(H,19,21). The predicted molar refractivity (Wildman–Crippen MR) is 87.3 cm³/mol. The first-order valence-corrected chi connectivity index (χ1v) is 7.31. The van der Waals surface area contributed by atoms with E-state index in [-0.39, 0.29) is 12.5 Å². The van der Waals surface area contributed by atoms with Gasteiger partial charge in [0.2, 0.25) is 0 Å². The lowest BCUT2D eigenvalue weighted by Crippen LogP contribution is -2.30. The highest BCUT2D eigenvalue weighted by Gasteiger charge is 2.16. The summed E-state index contributed by atoms with van der Waals surface area (Å²) in [4.78, 5) is 12.2. The van der Waals surface area contributed by atoms with Gasteiger partial charge in [-0.1, -0.05) is 23.7 Å². The maximum Gasteiger partial charge on any atom is 0.265 e. The molecule has 2 aromatic carbocycles. The van der Waals surface area contributed by atoms with Crippen LogP contribution < -0.4 is 10.1 Å². The summed E-state index contributed by atoms with van der Waals surface area (Å²) in [5.74, 6) is 0.320. The van der Waals surface area contributed by atoms with Crippen molar-refractivity contribution in [3.05, 3.63) is 58.6 Å². The van der Waals surface area contributed by atoms with Crippen molar-refractivity contribution in [1.82, 2.24) is 0 Å². The van der Waals surface area contributed by atoms with Gasteiger partial charge in [0.15, 0.2) is 6.10 Å². The van der Waals surface area contributed by atoms with E-state index in [9.17, 15) is 4.79 Å². The van der Waals surface area contributed by atoms with E-state index in [0.29, 0.717) is 16.5 Å². The Balaban J connectivity index is 2.03. The van der Waals surface area contributed by atoms with E-state index in [0.717, 1.165) is 11.1 Å². The molecule has 2 rings (SSSR count). The molecule has 0 aliphatic rings. The summed E-state index contributed by atoms with van der Waals surface area (Å²) in [7, 11) is 0. The van der Waals surface area contributed by atoms with Gasteiger partial charge in [0.05, 0.1) is 6.61 Å². The third kappa shape index (κ3) is 4.23. The Morgan fingerprint density at radius 3 is 2.59 bits per heavy atom. The molecule has 4 nitrogen and oxygen atoms in total. The van der Waals surface area contributed by atoms with Gasteiger partial charge in [-0.25, -0.2) is 0 Å². The van der Waals surface area contributed by atoms with Crippen molar-refractivity contribution in [2.24, 2.45) is 0 Å². The van der Waals surface area contributed by atoms with E-state index < -0.39 is 6.10 Å². The van der Waals surface area contributed by atoms with Crippen LogP contribution in [0.3, 0.4) is 0 Å². The Morgan fingerprint density at radius 1 is 1.27 bits per heavy atom. The van der Waals surface area contributed by atoms with Crippen LogP contribution in [-0.2, 0) is 11.4 Å². The number of hydrogen-bond acceptors (Lipinski definition) is 3. The molecular weight excluding hydrogens is 302 g/mol. The Hall–Kier alpha value is -2.04. The molecular formula is C17H18ClNO3. The Labute approximate surface area is 134 Å². The minimum Gasteiger partial charge on any atom is -0.481 e. The van der Waals surface area contributed by atoms with Crippen LogP contribution in [0.5, 0.6) is 5.75 Å². The molecule has 0 aliphatic heterocycles. The lowest BCUT2D eigenvalue weighted by molar-refractivity contribution is -0.122. The minimum absolute atomic E-state index is 0.0695. The van der Waals surface area contributed by atoms with Crippen molar-refractivity contribution in [1.29, 1.82) is 0 Å². The van der Waals surface area contributed by atoms with E-state index in [1.807, 2.05) is 19.1 Å². The average molecular weight is 320 g/mol. The Kier molecular flexibility index (Phi) is 5.41. The van der Waals surface area contributed by atoms with Crippen molar-refractivity contribution in [2.75, 3.05) is 5.32 Å². The van der Waals surface area contributed by atoms with Crippen molar-refractivity contribution in [3.8, 4) is 5.75 Å². The summed E-state index contributed by atoms with van der Waals surface area (Å²) in [5, 5.41) is 12.6. The molecule has 0 heterocycles. The Bertz CT molecular complexity index is 655. The summed E-state index contributed by atoms with van der Waals surface area (Å²) in [6.07, 6.45) is -0.654. The number of hydrogen-bond donors (Lipinski definition) is 2. The number of ether oxygens (including phenoxy) is 1. The van der Waals surface area contributed by atoms with Crippen molar-refractivity contribution in [2.45, 2.75) is 26.6 Å². The number of carbonyl (C=O) groups excluding carboxylic acids is 1. The molecule has 1 atom stereocenters. The molecule has 116 valence electrons. The fraction of sp³-hybridized carbons (Fsp3) is 0.235. The van der Waals surface area contributed by atoms with Gasteiger partial charge in [-0.2, -0.15) is 0 Å². The zero-order valence-corrected chi connectivity index (χ0v) is 13.2. The summed E-state index contributed by atoms with van der Waals surface area (Å²) >= 11 is 5.81. The fourth-order valence-corrected chi connectivity index (χ4v) is 2.03. The molecule has 2 aromatic rings. The molecule has 0 aliphatic carbocycles. The maximum absolute atomic E-state index is 12.2. The molecule has 0 spiro atoms. The molecule has 0 bridgehead atoms. The van der Waals surface area contributed by atoms with Crippen LogP contribution in [-0.4, -0.2) is 17.1 Å². The second-order valence-electron chi connectivity index (χ2n) is 5.01. The first kappa shape index (κ1) is 16.3. The average Bonchev–Trinajstić information content (AvgIpc) is 2.51. The van der Waals surface area contributed by atoms with Crippen molar-refractivity contribution < 1.29 is 14.6 Å². The number of amides is 1. The zero-order chi connectivity index (χ0) is 16.1. The summed E-state index contributed by atoms with van der Waals surface area (Å²) in [6.45, 7) is 3.50. The van der Waals surface area contributed by atoms with Crippen LogP contribution in [0.25, 0.3) is 0 Å². The quantitative estimate of drug-likeness (QED) is 0.886. The number of nitrogens with one attached hydrogen (secondary N) is 1. The molecule has 1 unspecified atom stereocenters. The van der Waals surface area contributed by atoms with Gasteiger partial charge in [0.1, 0.15) is 5.75 Å². The van der Waals surface area contributed by atoms with E-state index in [2.05, 4.69) is 5.32 Å². The van der Waals surface area contributed by atoms with E-state index in [1.54, 1.807) is 37.3 Å².